The van der Waals surface area contributed by atoms with E-state index < -0.39 is 4.92 Å². The molecule has 0 aromatic heterocycles. The van der Waals surface area contributed by atoms with E-state index in [9.17, 15) is 19.7 Å². The van der Waals surface area contributed by atoms with Crippen LogP contribution < -0.4 is 10.6 Å². The standard InChI is InChI=1S/C17H16ClN3O4S/c1-11-8-12(18)2-7-15(11)20-17(23)10-26-9-16(22)19-13-3-5-14(6-4-13)21(24)25/h2-8H,9-10H2,1H3,(H,19,22)(H,20,23). The predicted octanol–water partition coefficient (Wildman–Crippen LogP) is 3.87. The number of amides is 2. The van der Waals surface area contributed by atoms with Crippen molar-refractivity contribution in [2.75, 3.05) is 22.1 Å². The van der Waals surface area contributed by atoms with Gasteiger partial charge in [-0.15, -0.1) is 11.8 Å². The summed E-state index contributed by atoms with van der Waals surface area (Å²) in [7, 11) is 0. The van der Waals surface area contributed by atoms with Crippen molar-refractivity contribution in [2.45, 2.75) is 6.92 Å². The summed E-state index contributed by atoms with van der Waals surface area (Å²) >= 11 is 7.03. The first-order valence-electron chi connectivity index (χ1n) is 7.53. The Kier molecular flexibility index (Phi) is 6.99. The first-order chi connectivity index (χ1) is 12.3. The second kappa shape index (κ2) is 9.21. The number of carbonyl (C=O) groups is 2. The maximum Gasteiger partial charge on any atom is 0.269 e. The van der Waals surface area contributed by atoms with Crippen LogP contribution >= 0.6 is 23.4 Å². The molecule has 0 saturated carbocycles. The molecule has 0 unspecified atom stereocenters. The molecule has 0 aliphatic heterocycles. The number of hydrogen-bond donors (Lipinski definition) is 2. The van der Waals surface area contributed by atoms with Crippen molar-refractivity contribution in [3.63, 3.8) is 0 Å². The summed E-state index contributed by atoms with van der Waals surface area (Å²) in [5.41, 5.74) is 1.94. The van der Waals surface area contributed by atoms with Gasteiger partial charge in [-0.2, -0.15) is 0 Å². The Hall–Kier alpha value is -2.58. The number of anilines is 2. The number of halogens is 1. The van der Waals surface area contributed by atoms with Crippen molar-refractivity contribution in [2.24, 2.45) is 0 Å². The predicted molar refractivity (Wildman–Crippen MR) is 104 cm³/mol. The summed E-state index contributed by atoms with van der Waals surface area (Å²) < 4.78 is 0. The third-order valence-corrected chi connectivity index (χ3v) is 4.46. The molecule has 7 nitrogen and oxygen atoms in total. The van der Waals surface area contributed by atoms with Crippen molar-refractivity contribution < 1.29 is 14.5 Å². The topological polar surface area (TPSA) is 101 Å². The number of thioether (sulfide) groups is 1. The molecule has 9 heteroatoms. The van der Waals surface area contributed by atoms with E-state index in [2.05, 4.69) is 10.6 Å². The molecule has 0 spiro atoms. The zero-order valence-corrected chi connectivity index (χ0v) is 15.4. The second-order valence-electron chi connectivity index (χ2n) is 5.35. The summed E-state index contributed by atoms with van der Waals surface area (Å²) in [6, 6.07) is 10.7. The summed E-state index contributed by atoms with van der Waals surface area (Å²) in [6.45, 7) is 1.84. The normalized spacial score (nSPS) is 10.2. The molecule has 0 atom stereocenters. The molecule has 0 aliphatic carbocycles. The van der Waals surface area contributed by atoms with E-state index >= 15 is 0 Å². The smallest absolute Gasteiger partial charge is 0.269 e. The minimum atomic E-state index is -0.511. The molecule has 0 saturated heterocycles. The van der Waals surface area contributed by atoms with Gasteiger partial charge in [-0.25, -0.2) is 0 Å². The number of rotatable bonds is 7. The van der Waals surface area contributed by atoms with E-state index in [0.717, 1.165) is 5.56 Å². The third-order valence-electron chi connectivity index (χ3n) is 3.29. The molecule has 0 radical (unpaired) electrons. The zero-order chi connectivity index (χ0) is 19.1. The highest BCUT2D eigenvalue weighted by molar-refractivity contribution is 8.00. The van der Waals surface area contributed by atoms with Crippen LogP contribution in [0.15, 0.2) is 42.5 Å². The van der Waals surface area contributed by atoms with Gasteiger partial charge in [0.2, 0.25) is 11.8 Å². The Labute approximate surface area is 159 Å². The van der Waals surface area contributed by atoms with Gasteiger partial charge in [-0.1, -0.05) is 11.6 Å². The molecular weight excluding hydrogens is 378 g/mol. The molecule has 0 aliphatic rings. The second-order valence-corrected chi connectivity index (χ2v) is 6.77. The average Bonchev–Trinajstić information content (AvgIpc) is 2.58. The minimum absolute atomic E-state index is 0.0495. The van der Waals surface area contributed by atoms with Crippen LogP contribution in [0.4, 0.5) is 17.1 Å². The number of nitro groups is 1. The van der Waals surface area contributed by atoms with Crippen LogP contribution in [0.3, 0.4) is 0 Å². The average molecular weight is 394 g/mol. The Morgan fingerprint density at radius 3 is 2.27 bits per heavy atom. The van der Waals surface area contributed by atoms with E-state index in [1.807, 2.05) is 6.92 Å². The van der Waals surface area contributed by atoms with Gasteiger partial charge < -0.3 is 10.6 Å². The number of benzene rings is 2. The molecule has 0 fully saturated rings. The molecule has 136 valence electrons. The van der Waals surface area contributed by atoms with Crippen LogP contribution in [0.5, 0.6) is 0 Å². The van der Waals surface area contributed by atoms with Crippen LogP contribution in [0, 0.1) is 17.0 Å². The largest absolute Gasteiger partial charge is 0.325 e. The summed E-state index contributed by atoms with van der Waals surface area (Å²) in [4.78, 5) is 33.8. The Morgan fingerprint density at radius 2 is 1.69 bits per heavy atom. The number of nitrogens with one attached hydrogen (secondary N) is 2. The van der Waals surface area contributed by atoms with Gasteiger partial charge in [0.25, 0.3) is 5.69 Å². The maximum absolute atomic E-state index is 11.9. The van der Waals surface area contributed by atoms with E-state index in [1.165, 1.54) is 36.0 Å². The minimum Gasteiger partial charge on any atom is -0.325 e. The van der Waals surface area contributed by atoms with Crippen LogP contribution in [0.1, 0.15) is 5.56 Å². The lowest BCUT2D eigenvalue weighted by atomic mass is 10.2. The maximum atomic E-state index is 11.9. The van der Waals surface area contributed by atoms with Gasteiger partial charge in [0.05, 0.1) is 16.4 Å². The fourth-order valence-corrected chi connectivity index (χ4v) is 2.90. The van der Waals surface area contributed by atoms with Crippen molar-refractivity contribution in [3.8, 4) is 0 Å². The van der Waals surface area contributed by atoms with Crippen molar-refractivity contribution in [3.05, 3.63) is 63.2 Å². The first kappa shape index (κ1) is 19.7. The molecule has 2 aromatic rings. The number of nitro benzene ring substituents is 1. The number of aryl methyl sites for hydroxylation is 1. The molecule has 2 rings (SSSR count). The first-order valence-corrected chi connectivity index (χ1v) is 9.06. The Balaban J connectivity index is 1.75. The fraction of sp³-hybridized carbons (Fsp3) is 0.176. The van der Waals surface area contributed by atoms with Gasteiger partial charge in [0.15, 0.2) is 0 Å². The van der Waals surface area contributed by atoms with Gasteiger partial charge in [0.1, 0.15) is 0 Å². The molecular formula is C17H16ClN3O4S. The lowest BCUT2D eigenvalue weighted by Crippen LogP contribution is -2.18. The van der Waals surface area contributed by atoms with Gasteiger partial charge in [-0.3, -0.25) is 19.7 Å². The third kappa shape index (κ3) is 6.05. The van der Waals surface area contributed by atoms with E-state index in [4.69, 9.17) is 11.6 Å². The SMILES string of the molecule is Cc1cc(Cl)ccc1NC(=O)CSCC(=O)Nc1ccc([N+](=O)[O-])cc1. The Morgan fingerprint density at radius 1 is 1.08 bits per heavy atom. The number of nitrogens with zero attached hydrogens (tertiary/aromatic N) is 1. The molecule has 2 amide bonds. The lowest BCUT2D eigenvalue weighted by Gasteiger charge is -2.09. The van der Waals surface area contributed by atoms with Crippen LogP contribution in [-0.2, 0) is 9.59 Å². The number of hydrogen-bond acceptors (Lipinski definition) is 5. The van der Waals surface area contributed by atoms with Crippen molar-refractivity contribution >= 4 is 52.2 Å². The zero-order valence-electron chi connectivity index (χ0n) is 13.8. The van der Waals surface area contributed by atoms with E-state index in [1.54, 1.807) is 18.2 Å². The molecule has 0 heterocycles. The summed E-state index contributed by atoms with van der Waals surface area (Å²) in [5, 5.41) is 16.6. The summed E-state index contributed by atoms with van der Waals surface area (Å²) in [5.74, 6) is -0.303. The highest BCUT2D eigenvalue weighted by atomic mass is 35.5. The lowest BCUT2D eigenvalue weighted by molar-refractivity contribution is -0.384. The molecule has 2 aromatic carbocycles. The van der Waals surface area contributed by atoms with Crippen LogP contribution in [0.2, 0.25) is 5.02 Å². The monoisotopic (exact) mass is 393 g/mol. The quantitative estimate of drug-likeness (QED) is 0.549. The number of non-ortho nitro benzene ring substituents is 1. The number of carbonyl (C=O) groups excluding carboxylic acids is 2. The van der Waals surface area contributed by atoms with Gasteiger partial charge >= 0.3 is 0 Å². The van der Waals surface area contributed by atoms with Crippen LogP contribution in [0.25, 0.3) is 0 Å². The molecule has 2 N–H and O–H groups in total. The van der Waals surface area contributed by atoms with Crippen molar-refractivity contribution in [1.29, 1.82) is 0 Å². The van der Waals surface area contributed by atoms with Gasteiger partial charge in [-0.05, 0) is 42.8 Å². The highest BCUT2D eigenvalue weighted by Crippen LogP contribution is 2.20. The van der Waals surface area contributed by atoms with Crippen LogP contribution in [-0.4, -0.2) is 28.2 Å². The van der Waals surface area contributed by atoms with E-state index in [0.29, 0.717) is 16.4 Å². The highest BCUT2D eigenvalue weighted by Gasteiger charge is 2.09. The van der Waals surface area contributed by atoms with E-state index in [-0.39, 0.29) is 29.0 Å². The fourth-order valence-electron chi connectivity index (χ4n) is 2.05. The molecule has 0 bridgehead atoms. The summed E-state index contributed by atoms with van der Waals surface area (Å²) in [6.07, 6.45) is 0. The molecule has 26 heavy (non-hydrogen) atoms. The van der Waals surface area contributed by atoms with Gasteiger partial charge in [0, 0.05) is 28.5 Å². The Bertz CT molecular complexity index is 827. The van der Waals surface area contributed by atoms with Crippen molar-refractivity contribution in [1.82, 2.24) is 0 Å².